The minimum Gasteiger partial charge on any atom is -0.489 e. The molecule has 1 saturated heterocycles. The summed E-state index contributed by atoms with van der Waals surface area (Å²) in [6, 6.07) is 7.68. The lowest BCUT2D eigenvalue weighted by Gasteiger charge is -2.31. The molecular weight excluding hydrogens is 318 g/mol. The van der Waals surface area contributed by atoms with Gasteiger partial charge in [0.25, 0.3) is 0 Å². The second-order valence-corrected chi connectivity index (χ2v) is 7.33. The molecule has 4 nitrogen and oxygen atoms in total. The second kappa shape index (κ2) is 6.05. The van der Waals surface area contributed by atoms with Crippen LogP contribution < -0.4 is 9.64 Å². The topological polar surface area (TPSA) is 38.2 Å². The number of ether oxygens (including phenoxy) is 1. The SMILES string of the molecule is Clc1ccccc1OC1CCN(c2nnc(C3CC3)s2)CC1. The first kappa shape index (κ1) is 14.3. The predicted octanol–water partition coefficient (Wildman–Crippen LogP) is 4.12. The Morgan fingerprint density at radius 1 is 1.09 bits per heavy atom. The van der Waals surface area contributed by atoms with Crippen molar-refractivity contribution in [2.75, 3.05) is 18.0 Å². The van der Waals surface area contributed by atoms with Crippen molar-refractivity contribution in [2.24, 2.45) is 0 Å². The van der Waals surface area contributed by atoms with Gasteiger partial charge in [-0.15, -0.1) is 10.2 Å². The van der Waals surface area contributed by atoms with Crippen molar-refractivity contribution >= 4 is 28.1 Å². The monoisotopic (exact) mass is 335 g/mol. The van der Waals surface area contributed by atoms with Crippen LogP contribution in [0.5, 0.6) is 5.75 Å². The molecule has 0 spiro atoms. The largest absolute Gasteiger partial charge is 0.489 e. The van der Waals surface area contributed by atoms with E-state index in [-0.39, 0.29) is 6.10 Å². The van der Waals surface area contributed by atoms with E-state index in [0.29, 0.717) is 10.9 Å². The fourth-order valence-electron chi connectivity index (χ4n) is 2.73. The van der Waals surface area contributed by atoms with Crippen molar-refractivity contribution in [1.29, 1.82) is 0 Å². The maximum atomic E-state index is 6.15. The molecule has 1 aromatic heterocycles. The van der Waals surface area contributed by atoms with Crippen LogP contribution >= 0.6 is 22.9 Å². The third kappa shape index (κ3) is 3.06. The first-order valence-electron chi connectivity index (χ1n) is 7.79. The minimum absolute atomic E-state index is 0.229. The van der Waals surface area contributed by atoms with Crippen LogP contribution in [-0.4, -0.2) is 29.4 Å². The lowest BCUT2D eigenvalue weighted by molar-refractivity contribution is 0.171. The summed E-state index contributed by atoms with van der Waals surface area (Å²) in [5.41, 5.74) is 0. The van der Waals surface area contributed by atoms with Gasteiger partial charge in [-0.3, -0.25) is 0 Å². The van der Waals surface area contributed by atoms with Gasteiger partial charge in [0.2, 0.25) is 5.13 Å². The lowest BCUT2D eigenvalue weighted by atomic mass is 10.1. The van der Waals surface area contributed by atoms with Crippen LogP contribution in [0.25, 0.3) is 0 Å². The highest BCUT2D eigenvalue weighted by molar-refractivity contribution is 7.15. The molecule has 0 N–H and O–H groups in total. The van der Waals surface area contributed by atoms with Crippen LogP contribution in [0, 0.1) is 0 Å². The van der Waals surface area contributed by atoms with E-state index >= 15 is 0 Å². The van der Waals surface area contributed by atoms with E-state index in [9.17, 15) is 0 Å². The standard InChI is InChI=1S/C16H18ClN3OS/c17-13-3-1-2-4-14(13)21-12-7-9-20(10-8-12)16-19-18-15(22-16)11-5-6-11/h1-4,11-12H,5-10H2. The Morgan fingerprint density at radius 3 is 2.59 bits per heavy atom. The predicted molar refractivity (Wildman–Crippen MR) is 89.2 cm³/mol. The van der Waals surface area contributed by atoms with Crippen molar-refractivity contribution < 1.29 is 4.74 Å². The third-order valence-corrected chi connectivity index (χ3v) is 5.66. The summed E-state index contributed by atoms with van der Waals surface area (Å²) in [6.07, 6.45) is 4.77. The molecule has 1 aliphatic carbocycles. The van der Waals surface area contributed by atoms with Gasteiger partial charge < -0.3 is 9.64 Å². The molecule has 1 aliphatic heterocycles. The summed E-state index contributed by atoms with van der Waals surface area (Å²) in [7, 11) is 0. The average Bonchev–Trinajstić information content (AvgIpc) is 3.28. The molecule has 1 saturated carbocycles. The molecule has 0 amide bonds. The third-order valence-electron chi connectivity index (χ3n) is 4.20. The van der Waals surface area contributed by atoms with Gasteiger partial charge in [0.05, 0.1) is 5.02 Å². The molecule has 2 fully saturated rings. The Hall–Kier alpha value is -1.33. The highest BCUT2D eigenvalue weighted by atomic mass is 35.5. The van der Waals surface area contributed by atoms with Gasteiger partial charge in [-0.05, 0) is 25.0 Å². The van der Waals surface area contributed by atoms with Crippen molar-refractivity contribution in [2.45, 2.75) is 37.7 Å². The maximum absolute atomic E-state index is 6.15. The van der Waals surface area contributed by atoms with Gasteiger partial charge in [-0.25, -0.2) is 0 Å². The van der Waals surface area contributed by atoms with Gasteiger partial charge in [0.15, 0.2) is 0 Å². The number of hydrogen-bond acceptors (Lipinski definition) is 5. The normalized spacial score (nSPS) is 19.4. The molecule has 2 aromatic rings. The smallest absolute Gasteiger partial charge is 0.208 e. The van der Waals surface area contributed by atoms with Crippen LogP contribution in [0.15, 0.2) is 24.3 Å². The van der Waals surface area contributed by atoms with Gasteiger partial charge in [-0.1, -0.05) is 35.1 Å². The number of aromatic nitrogens is 2. The first-order valence-corrected chi connectivity index (χ1v) is 8.98. The molecule has 4 rings (SSSR count). The molecular formula is C16H18ClN3OS. The quantitative estimate of drug-likeness (QED) is 0.842. The lowest BCUT2D eigenvalue weighted by Crippen LogP contribution is -2.38. The fraction of sp³-hybridized carbons (Fsp3) is 0.500. The van der Waals surface area contributed by atoms with Gasteiger partial charge >= 0.3 is 0 Å². The van der Waals surface area contributed by atoms with E-state index in [1.807, 2.05) is 24.3 Å². The molecule has 0 unspecified atom stereocenters. The zero-order valence-electron chi connectivity index (χ0n) is 12.2. The first-order chi connectivity index (χ1) is 10.8. The summed E-state index contributed by atoms with van der Waals surface area (Å²) in [5.74, 6) is 1.47. The van der Waals surface area contributed by atoms with Crippen LogP contribution in [0.4, 0.5) is 5.13 Å². The maximum Gasteiger partial charge on any atom is 0.208 e. The van der Waals surface area contributed by atoms with Crippen molar-refractivity contribution in [3.8, 4) is 5.75 Å². The highest BCUT2D eigenvalue weighted by Gasteiger charge is 2.29. The number of nitrogens with zero attached hydrogens (tertiary/aromatic N) is 3. The fourth-order valence-corrected chi connectivity index (χ4v) is 3.98. The van der Waals surface area contributed by atoms with E-state index < -0.39 is 0 Å². The number of hydrogen-bond donors (Lipinski definition) is 0. The zero-order chi connectivity index (χ0) is 14.9. The molecule has 2 heterocycles. The molecule has 0 radical (unpaired) electrons. The number of rotatable bonds is 4. The van der Waals surface area contributed by atoms with E-state index in [1.165, 1.54) is 17.8 Å². The second-order valence-electron chi connectivity index (χ2n) is 5.93. The Kier molecular flexibility index (Phi) is 3.92. The number of para-hydroxylation sites is 1. The van der Waals surface area contributed by atoms with Crippen LogP contribution in [0.2, 0.25) is 5.02 Å². The van der Waals surface area contributed by atoms with Crippen LogP contribution in [-0.2, 0) is 0 Å². The zero-order valence-corrected chi connectivity index (χ0v) is 13.8. The minimum atomic E-state index is 0.229. The Labute approximate surface area is 139 Å². The van der Waals surface area contributed by atoms with Crippen molar-refractivity contribution in [1.82, 2.24) is 10.2 Å². The number of benzene rings is 1. The molecule has 0 bridgehead atoms. The van der Waals surface area contributed by atoms with Crippen LogP contribution in [0.3, 0.4) is 0 Å². The molecule has 1 aromatic carbocycles. The Bertz CT molecular complexity index is 650. The number of anilines is 1. The van der Waals surface area contributed by atoms with Crippen LogP contribution in [0.1, 0.15) is 36.6 Å². The highest BCUT2D eigenvalue weighted by Crippen LogP contribution is 2.42. The average molecular weight is 336 g/mol. The number of halogens is 1. The number of piperidine rings is 1. The van der Waals surface area contributed by atoms with Crippen molar-refractivity contribution in [3.05, 3.63) is 34.3 Å². The summed E-state index contributed by atoms with van der Waals surface area (Å²) < 4.78 is 6.03. The summed E-state index contributed by atoms with van der Waals surface area (Å²) in [5, 5.41) is 11.7. The van der Waals surface area contributed by atoms with E-state index in [1.54, 1.807) is 11.3 Å². The molecule has 0 atom stereocenters. The van der Waals surface area contributed by atoms with Crippen molar-refractivity contribution in [3.63, 3.8) is 0 Å². The Morgan fingerprint density at radius 2 is 1.86 bits per heavy atom. The summed E-state index contributed by atoms with van der Waals surface area (Å²) >= 11 is 7.91. The molecule has 2 aliphatic rings. The Balaban J connectivity index is 1.34. The van der Waals surface area contributed by atoms with E-state index in [0.717, 1.165) is 36.8 Å². The van der Waals surface area contributed by atoms with Gasteiger partial charge in [-0.2, -0.15) is 0 Å². The van der Waals surface area contributed by atoms with E-state index in [4.69, 9.17) is 16.3 Å². The summed E-state index contributed by atoms with van der Waals surface area (Å²) in [4.78, 5) is 2.33. The van der Waals surface area contributed by atoms with E-state index in [2.05, 4.69) is 15.1 Å². The molecule has 6 heteroatoms. The van der Waals surface area contributed by atoms with Gasteiger partial charge in [0, 0.05) is 31.8 Å². The summed E-state index contributed by atoms with van der Waals surface area (Å²) in [6.45, 7) is 1.93. The molecule has 22 heavy (non-hydrogen) atoms. The van der Waals surface area contributed by atoms with Gasteiger partial charge in [0.1, 0.15) is 16.9 Å². The molecule has 116 valence electrons.